The van der Waals surface area contributed by atoms with Crippen LogP contribution in [0, 0.1) is 11.3 Å². The number of hydrogen-bond acceptors (Lipinski definition) is 3. The van der Waals surface area contributed by atoms with Gasteiger partial charge in [0.2, 0.25) is 0 Å². The molecule has 0 aliphatic heterocycles. The highest BCUT2D eigenvalue weighted by Gasteiger charge is 1.94. The summed E-state index contributed by atoms with van der Waals surface area (Å²) in [6.07, 6.45) is 4.65. The third kappa shape index (κ3) is 4.79. The Morgan fingerprint density at radius 3 is 2.05 bits per heavy atom. The molecule has 0 amide bonds. The fraction of sp³-hybridized carbons (Fsp3) is 0.167. The van der Waals surface area contributed by atoms with Crippen molar-refractivity contribution in [2.45, 2.75) is 6.42 Å². The Kier molecular flexibility index (Phi) is 5.57. The number of nitrogens with zero attached hydrogens (tertiary/aromatic N) is 1. The van der Waals surface area contributed by atoms with Crippen molar-refractivity contribution < 1.29 is 9.84 Å². The van der Waals surface area contributed by atoms with Gasteiger partial charge in [0, 0.05) is 13.0 Å². The first-order valence-electron chi connectivity index (χ1n) is 6.84. The fourth-order valence-corrected chi connectivity index (χ4v) is 1.79. The topological polar surface area (TPSA) is 53.2 Å². The molecule has 0 aliphatic carbocycles. The zero-order chi connectivity index (χ0) is 14.9. The normalized spacial score (nSPS) is 10.5. The molecule has 3 heteroatoms. The zero-order valence-corrected chi connectivity index (χ0v) is 11.7. The molecule has 106 valence electrons. The highest BCUT2D eigenvalue weighted by Crippen LogP contribution is 2.15. The average molecular weight is 279 g/mol. The molecule has 2 aromatic carbocycles. The molecule has 0 bridgehead atoms. The zero-order valence-electron chi connectivity index (χ0n) is 11.7. The first-order valence-corrected chi connectivity index (χ1v) is 6.84. The highest BCUT2D eigenvalue weighted by molar-refractivity contribution is 5.70. The van der Waals surface area contributed by atoms with Crippen molar-refractivity contribution in [3.05, 3.63) is 65.2 Å². The van der Waals surface area contributed by atoms with Crippen molar-refractivity contribution >= 4 is 12.2 Å². The van der Waals surface area contributed by atoms with Crippen LogP contribution in [-0.2, 0) is 0 Å². The van der Waals surface area contributed by atoms with E-state index in [1.165, 1.54) is 0 Å². The summed E-state index contributed by atoms with van der Waals surface area (Å²) in [5.41, 5.74) is 2.79. The summed E-state index contributed by atoms with van der Waals surface area (Å²) in [6.45, 7) is 0.669. The van der Waals surface area contributed by atoms with E-state index in [4.69, 9.17) is 15.1 Å². The molecule has 0 aliphatic rings. The highest BCUT2D eigenvalue weighted by atomic mass is 16.5. The Morgan fingerprint density at radius 1 is 0.952 bits per heavy atom. The minimum Gasteiger partial charge on any atom is -0.494 e. The third-order valence-electron chi connectivity index (χ3n) is 2.96. The van der Waals surface area contributed by atoms with Crippen LogP contribution in [0.4, 0.5) is 0 Å². The van der Waals surface area contributed by atoms with Gasteiger partial charge in [-0.1, -0.05) is 36.4 Å². The molecule has 0 spiro atoms. The molecular formula is C18H17NO2. The van der Waals surface area contributed by atoms with Crippen LogP contribution in [-0.4, -0.2) is 18.3 Å². The smallest absolute Gasteiger partial charge is 0.119 e. The van der Waals surface area contributed by atoms with Crippen LogP contribution < -0.4 is 4.74 Å². The number of aliphatic hydroxyl groups excluding tert-OH is 1. The third-order valence-corrected chi connectivity index (χ3v) is 2.96. The van der Waals surface area contributed by atoms with Crippen LogP contribution in [0.2, 0.25) is 0 Å². The Morgan fingerprint density at radius 2 is 1.52 bits per heavy atom. The average Bonchev–Trinajstić information content (AvgIpc) is 2.55. The monoisotopic (exact) mass is 279 g/mol. The second kappa shape index (κ2) is 7.88. The van der Waals surface area contributed by atoms with Crippen LogP contribution >= 0.6 is 0 Å². The van der Waals surface area contributed by atoms with Crippen LogP contribution in [0.3, 0.4) is 0 Å². The molecule has 0 unspecified atom stereocenters. The molecule has 2 aromatic rings. The van der Waals surface area contributed by atoms with E-state index in [-0.39, 0.29) is 6.61 Å². The van der Waals surface area contributed by atoms with Crippen molar-refractivity contribution in [1.29, 1.82) is 5.26 Å². The Balaban J connectivity index is 1.95. The number of benzene rings is 2. The molecule has 1 N–H and O–H groups in total. The van der Waals surface area contributed by atoms with Crippen molar-refractivity contribution in [3.63, 3.8) is 0 Å². The van der Waals surface area contributed by atoms with Gasteiger partial charge in [-0.05, 0) is 35.4 Å². The van der Waals surface area contributed by atoms with Gasteiger partial charge < -0.3 is 9.84 Å². The second-order valence-corrected chi connectivity index (χ2v) is 4.56. The Labute approximate surface area is 124 Å². The van der Waals surface area contributed by atoms with Gasteiger partial charge in [-0.2, -0.15) is 5.26 Å². The first kappa shape index (κ1) is 14.8. The molecule has 0 aromatic heterocycles. The molecule has 21 heavy (non-hydrogen) atoms. The van der Waals surface area contributed by atoms with E-state index in [0.717, 1.165) is 16.9 Å². The van der Waals surface area contributed by atoms with E-state index in [0.29, 0.717) is 18.6 Å². The van der Waals surface area contributed by atoms with Gasteiger partial charge in [0.1, 0.15) is 5.75 Å². The lowest BCUT2D eigenvalue weighted by Gasteiger charge is -2.04. The van der Waals surface area contributed by atoms with Gasteiger partial charge in [0.15, 0.2) is 0 Å². The van der Waals surface area contributed by atoms with Crippen LogP contribution in [0.15, 0.2) is 48.5 Å². The summed E-state index contributed by atoms with van der Waals surface area (Å²) >= 11 is 0. The summed E-state index contributed by atoms with van der Waals surface area (Å²) < 4.78 is 5.47. The number of nitriles is 1. The van der Waals surface area contributed by atoms with Crippen molar-refractivity contribution in [2.24, 2.45) is 0 Å². The maximum absolute atomic E-state index is 8.75. The fourth-order valence-electron chi connectivity index (χ4n) is 1.79. The van der Waals surface area contributed by atoms with Gasteiger partial charge in [0.05, 0.1) is 18.2 Å². The maximum atomic E-state index is 8.75. The van der Waals surface area contributed by atoms with Gasteiger partial charge >= 0.3 is 0 Å². The minimum absolute atomic E-state index is 0.144. The largest absolute Gasteiger partial charge is 0.494 e. The van der Waals surface area contributed by atoms with Crippen molar-refractivity contribution in [3.8, 4) is 11.8 Å². The number of ether oxygens (including phenoxy) is 1. The second-order valence-electron chi connectivity index (χ2n) is 4.56. The summed E-state index contributed by atoms with van der Waals surface area (Å²) in [5.74, 6) is 0.805. The molecule has 0 saturated heterocycles. The van der Waals surface area contributed by atoms with E-state index in [1.54, 1.807) is 12.1 Å². The minimum atomic E-state index is 0.144. The Bertz CT molecular complexity index is 622. The molecule has 2 rings (SSSR count). The molecule has 0 fully saturated rings. The lowest BCUT2D eigenvalue weighted by molar-refractivity contribution is 0.233. The molecule has 0 heterocycles. The summed E-state index contributed by atoms with van der Waals surface area (Å²) in [4.78, 5) is 0. The summed E-state index contributed by atoms with van der Waals surface area (Å²) in [6, 6.07) is 17.3. The van der Waals surface area contributed by atoms with E-state index < -0.39 is 0 Å². The van der Waals surface area contributed by atoms with Gasteiger partial charge in [-0.25, -0.2) is 0 Å². The van der Waals surface area contributed by atoms with E-state index >= 15 is 0 Å². The lowest BCUT2D eigenvalue weighted by Crippen LogP contribution is -1.99. The maximum Gasteiger partial charge on any atom is 0.119 e. The van der Waals surface area contributed by atoms with Crippen molar-refractivity contribution in [1.82, 2.24) is 0 Å². The van der Waals surface area contributed by atoms with E-state index in [9.17, 15) is 0 Å². The number of hydrogen-bond donors (Lipinski definition) is 1. The Hall–Kier alpha value is -2.57. The molecule has 0 saturated carbocycles. The summed E-state index contributed by atoms with van der Waals surface area (Å²) in [5, 5.41) is 17.4. The first-order chi connectivity index (χ1) is 10.3. The van der Waals surface area contributed by atoms with Gasteiger partial charge in [-0.3, -0.25) is 0 Å². The lowest BCUT2D eigenvalue weighted by atomic mass is 10.1. The van der Waals surface area contributed by atoms with E-state index in [2.05, 4.69) is 6.07 Å². The van der Waals surface area contributed by atoms with Crippen molar-refractivity contribution in [2.75, 3.05) is 13.2 Å². The molecular weight excluding hydrogens is 262 g/mol. The molecule has 3 nitrogen and oxygen atoms in total. The van der Waals surface area contributed by atoms with Crippen LogP contribution in [0.5, 0.6) is 5.75 Å². The number of aliphatic hydroxyl groups is 1. The van der Waals surface area contributed by atoms with Crippen LogP contribution in [0.1, 0.15) is 23.1 Å². The number of rotatable bonds is 6. The van der Waals surface area contributed by atoms with E-state index in [1.807, 2.05) is 48.6 Å². The predicted octanol–water partition coefficient (Wildman–Crippen LogP) is 3.49. The van der Waals surface area contributed by atoms with Gasteiger partial charge in [-0.15, -0.1) is 0 Å². The standard InChI is InChI=1S/C18H17NO2/c19-14-17-6-4-15(5-7-17)2-3-16-8-10-18(11-9-16)21-13-1-12-20/h2-11,20H,1,12-13H2/b3-2+. The molecule has 0 radical (unpaired) electrons. The summed E-state index contributed by atoms with van der Waals surface area (Å²) in [7, 11) is 0. The predicted molar refractivity (Wildman–Crippen MR) is 83.7 cm³/mol. The van der Waals surface area contributed by atoms with Crippen LogP contribution in [0.25, 0.3) is 12.2 Å². The SMILES string of the molecule is N#Cc1ccc(/C=C/c2ccc(OCCCO)cc2)cc1. The quantitative estimate of drug-likeness (QED) is 0.650. The molecule has 0 atom stereocenters. The van der Waals surface area contributed by atoms with Gasteiger partial charge in [0.25, 0.3) is 0 Å².